The number of benzene rings is 1. The van der Waals surface area contributed by atoms with Crippen LogP contribution in [0.2, 0.25) is 0 Å². The van der Waals surface area contributed by atoms with Gasteiger partial charge < -0.3 is 15.5 Å². The summed E-state index contributed by atoms with van der Waals surface area (Å²) in [6.07, 6.45) is 1.74. The Hall–Kier alpha value is -3.16. The lowest BCUT2D eigenvalue weighted by molar-refractivity contribution is 0.246. The van der Waals surface area contributed by atoms with E-state index >= 15 is 0 Å². The standard InChI is InChI=1S/C21H27N7O/c1-21(2,3)19-25-24-17-9-10-18(26-28(17)19)27-13-11-16(12-14-27)23-20(29)22-15-7-5-4-6-8-15/h4-10,16H,11-14H2,1-3H3,(H2,22,23,29). The first-order valence-electron chi connectivity index (χ1n) is 10.0. The van der Waals surface area contributed by atoms with Crippen LogP contribution >= 0.6 is 0 Å². The van der Waals surface area contributed by atoms with Crippen molar-refractivity contribution in [1.82, 2.24) is 25.1 Å². The SMILES string of the molecule is CC(C)(C)c1nnc2ccc(N3CCC(NC(=O)Nc4ccccc4)CC3)nn12. The molecule has 2 N–H and O–H groups in total. The molecule has 1 fully saturated rings. The van der Waals surface area contributed by atoms with Crippen molar-refractivity contribution >= 4 is 23.2 Å². The Balaban J connectivity index is 1.37. The van der Waals surface area contributed by atoms with Crippen molar-refractivity contribution in [3.05, 3.63) is 48.3 Å². The molecule has 8 nitrogen and oxygen atoms in total. The molecule has 0 spiro atoms. The van der Waals surface area contributed by atoms with E-state index in [0.29, 0.717) is 0 Å². The fourth-order valence-electron chi connectivity index (χ4n) is 3.54. The third kappa shape index (κ3) is 4.31. The van der Waals surface area contributed by atoms with Crippen LogP contribution in [-0.4, -0.2) is 45.0 Å². The molecular formula is C21H27N7O. The van der Waals surface area contributed by atoms with Crippen molar-refractivity contribution in [3.8, 4) is 0 Å². The number of carbonyl (C=O) groups is 1. The lowest BCUT2D eigenvalue weighted by Gasteiger charge is -2.33. The van der Waals surface area contributed by atoms with Crippen LogP contribution < -0.4 is 15.5 Å². The number of hydrogen-bond donors (Lipinski definition) is 2. The van der Waals surface area contributed by atoms with Gasteiger partial charge in [-0.15, -0.1) is 15.3 Å². The first-order chi connectivity index (χ1) is 13.9. The van der Waals surface area contributed by atoms with Crippen molar-refractivity contribution in [3.63, 3.8) is 0 Å². The summed E-state index contributed by atoms with van der Waals surface area (Å²) in [7, 11) is 0. The van der Waals surface area contributed by atoms with Gasteiger partial charge in [0.1, 0.15) is 5.82 Å². The van der Waals surface area contributed by atoms with Crippen LogP contribution in [0.5, 0.6) is 0 Å². The first kappa shape index (κ1) is 19.2. The van der Waals surface area contributed by atoms with E-state index in [0.717, 1.165) is 48.9 Å². The molecule has 1 aromatic carbocycles. The summed E-state index contributed by atoms with van der Waals surface area (Å²) in [5, 5.41) is 19.3. The Morgan fingerprint density at radius 3 is 2.45 bits per heavy atom. The van der Waals surface area contributed by atoms with Gasteiger partial charge in [-0.25, -0.2) is 4.79 Å². The summed E-state index contributed by atoms with van der Waals surface area (Å²) >= 11 is 0. The van der Waals surface area contributed by atoms with Gasteiger partial charge in [-0.3, -0.25) is 0 Å². The van der Waals surface area contributed by atoms with E-state index in [1.165, 1.54) is 0 Å². The third-order valence-corrected chi connectivity index (χ3v) is 5.11. The number of carbonyl (C=O) groups excluding carboxylic acids is 1. The maximum Gasteiger partial charge on any atom is 0.319 e. The largest absolute Gasteiger partial charge is 0.355 e. The van der Waals surface area contributed by atoms with Crippen LogP contribution in [0.1, 0.15) is 39.4 Å². The number of anilines is 2. The van der Waals surface area contributed by atoms with E-state index in [4.69, 9.17) is 5.10 Å². The molecule has 29 heavy (non-hydrogen) atoms. The van der Waals surface area contributed by atoms with E-state index in [-0.39, 0.29) is 17.5 Å². The highest BCUT2D eigenvalue weighted by atomic mass is 16.2. The van der Waals surface area contributed by atoms with Gasteiger partial charge in [-0.1, -0.05) is 39.0 Å². The van der Waals surface area contributed by atoms with Crippen LogP contribution in [0.15, 0.2) is 42.5 Å². The van der Waals surface area contributed by atoms with Crippen molar-refractivity contribution in [2.45, 2.75) is 45.1 Å². The summed E-state index contributed by atoms with van der Waals surface area (Å²) in [6.45, 7) is 7.99. The average molecular weight is 393 g/mol. The van der Waals surface area contributed by atoms with Crippen LogP contribution in [0, 0.1) is 0 Å². The zero-order chi connectivity index (χ0) is 20.4. The topological polar surface area (TPSA) is 87.5 Å². The normalized spacial score (nSPS) is 15.5. The Kier molecular flexibility index (Phi) is 5.08. The third-order valence-electron chi connectivity index (χ3n) is 5.11. The van der Waals surface area contributed by atoms with Gasteiger partial charge in [0.25, 0.3) is 0 Å². The highest BCUT2D eigenvalue weighted by Gasteiger charge is 2.24. The van der Waals surface area contributed by atoms with E-state index in [2.05, 4.69) is 46.5 Å². The van der Waals surface area contributed by atoms with Crippen LogP contribution in [0.25, 0.3) is 5.65 Å². The van der Waals surface area contributed by atoms with E-state index in [9.17, 15) is 4.79 Å². The second-order valence-electron chi connectivity index (χ2n) is 8.46. The maximum atomic E-state index is 12.2. The molecule has 1 aliphatic rings. The molecule has 1 aliphatic heterocycles. The smallest absolute Gasteiger partial charge is 0.319 e. The molecule has 0 aliphatic carbocycles. The fourth-order valence-corrected chi connectivity index (χ4v) is 3.54. The Morgan fingerprint density at radius 2 is 1.76 bits per heavy atom. The van der Waals surface area contributed by atoms with E-state index in [1.807, 2.05) is 47.0 Å². The predicted molar refractivity (Wildman–Crippen MR) is 113 cm³/mol. The number of rotatable bonds is 3. The van der Waals surface area contributed by atoms with Crippen LogP contribution in [0.4, 0.5) is 16.3 Å². The molecule has 2 aromatic heterocycles. The minimum Gasteiger partial charge on any atom is -0.355 e. The van der Waals surface area contributed by atoms with Gasteiger partial charge in [0.05, 0.1) is 0 Å². The minimum atomic E-state index is -0.159. The van der Waals surface area contributed by atoms with Crippen molar-refractivity contribution in [2.75, 3.05) is 23.3 Å². The Bertz CT molecular complexity index is 985. The highest BCUT2D eigenvalue weighted by molar-refractivity contribution is 5.89. The molecule has 0 unspecified atom stereocenters. The Labute approximate surface area is 170 Å². The molecule has 3 aromatic rings. The lowest BCUT2D eigenvalue weighted by Crippen LogP contribution is -2.46. The molecule has 1 saturated heterocycles. The summed E-state index contributed by atoms with van der Waals surface area (Å²) < 4.78 is 1.84. The highest BCUT2D eigenvalue weighted by Crippen LogP contribution is 2.23. The number of amides is 2. The molecule has 8 heteroatoms. The number of aromatic nitrogens is 4. The number of para-hydroxylation sites is 1. The van der Waals surface area contributed by atoms with Gasteiger partial charge in [0.2, 0.25) is 0 Å². The summed E-state index contributed by atoms with van der Waals surface area (Å²) in [5.41, 5.74) is 1.42. The maximum absolute atomic E-state index is 12.2. The fraction of sp³-hybridized carbons (Fsp3) is 0.429. The van der Waals surface area contributed by atoms with Gasteiger partial charge in [0, 0.05) is 30.2 Å². The van der Waals surface area contributed by atoms with Crippen LogP contribution in [-0.2, 0) is 5.41 Å². The molecule has 0 radical (unpaired) electrons. The first-order valence-corrected chi connectivity index (χ1v) is 10.0. The molecular weight excluding hydrogens is 366 g/mol. The molecule has 4 rings (SSSR count). The number of piperidine rings is 1. The predicted octanol–water partition coefficient (Wildman–Crippen LogP) is 3.21. The monoisotopic (exact) mass is 393 g/mol. The van der Waals surface area contributed by atoms with Gasteiger partial charge in [0.15, 0.2) is 11.5 Å². The zero-order valence-corrected chi connectivity index (χ0v) is 17.1. The van der Waals surface area contributed by atoms with Crippen molar-refractivity contribution in [1.29, 1.82) is 0 Å². The van der Waals surface area contributed by atoms with Crippen LogP contribution in [0.3, 0.4) is 0 Å². The lowest BCUT2D eigenvalue weighted by atomic mass is 9.96. The summed E-state index contributed by atoms with van der Waals surface area (Å²) in [5.74, 6) is 1.76. The molecule has 0 saturated carbocycles. The summed E-state index contributed by atoms with van der Waals surface area (Å²) in [6, 6.07) is 13.4. The minimum absolute atomic E-state index is 0.131. The second kappa shape index (κ2) is 7.69. The van der Waals surface area contributed by atoms with Gasteiger partial charge >= 0.3 is 6.03 Å². The molecule has 2 amide bonds. The number of nitrogens with one attached hydrogen (secondary N) is 2. The number of nitrogens with zero attached hydrogens (tertiary/aromatic N) is 5. The summed E-state index contributed by atoms with van der Waals surface area (Å²) in [4.78, 5) is 14.5. The average Bonchev–Trinajstić information content (AvgIpc) is 3.13. The zero-order valence-electron chi connectivity index (χ0n) is 17.1. The molecule has 3 heterocycles. The second-order valence-corrected chi connectivity index (χ2v) is 8.46. The Morgan fingerprint density at radius 1 is 1.03 bits per heavy atom. The molecule has 0 bridgehead atoms. The van der Waals surface area contributed by atoms with E-state index in [1.54, 1.807) is 0 Å². The quantitative estimate of drug-likeness (QED) is 0.713. The van der Waals surface area contributed by atoms with Gasteiger partial charge in [-0.05, 0) is 37.1 Å². The van der Waals surface area contributed by atoms with Gasteiger partial charge in [-0.2, -0.15) is 4.52 Å². The van der Waals surface area contributed by atoms with E-state index < -0.39 is 0 Å². The molecule has 152 valence electrons. The van der Waals surface area contributed by atoms with Crippen molar-refractivity contribution < 1.29 is 4.79 Å². The number of hydrogen-bond acceptors (Lipinski definition) is 5. The number of urea groups is 1. The molecule has 0 atom stereocenters. The number of fused-ring (bicyclic) bond motifs is 1. The van der Waals surface area contributed by atoms with Crippen molar-refractivity contribution in [2.24, 2.45) is 0 Å².